The molecule has 0 fully saturated rings. The maximum Gasteiger partial charge on any atom is 0.273 e. The summed E-state index contributed by atoms with van der Waals surface area (Å²) in [5.41, 5.74) is 3.48. The van der Waals surface area contributed by atoms with E-state index in [0.717, 1.165) is 11.1 Å². The monoisotopic (exact) mass is 345 g/mol. The highest BCUT2D eigenvalue weighted by molar-refractivity contribution is 6.34. The second-order valence-electron chi connectivity index (χ2n) is 5.11. The van der Waals surface area contributed by atoms with Crippen molar-refractivity contribution in [2.24, 2.45) is 0 Å². The number of hydrogen-bond donors (Lipinski definition) is 2. The third-order valence-electron chi connectivity index (χ3n) is 3.34. The van der Waals surface area contributed by atoms with Gasteiger partial charge in [0.1, 0.15) is 5.69 Å². The molecule has 0 spiro atoms. The van der Waals surface area contributed by atoms with Gasteiger partial charge in [0, 0.05) is 10.6 Å². The number of anilines is 1. The molecule has 0 aliphatic heterocycles. The van der Waals surface area contributed by atoms with Crippen LogP contribution in [-0.2, 0) is 0 Å². The summed E-state index contributed by atoms with van der Waals surface area (Å²) in [5.74, 6) is -0.302. The Morgan fingerprint density at radius 3 is 2.52 bits per heavy atom. The summed E-state index contributed by atoms with van der Waals surface area (Å²) in [5, 5.41) is 10.8. The number of aromatic amines is 1. The highest BCUT2D eigenvalue weighted by atomic mass is 35.5. The first kappa shape index (κ1) is 15.6. The first-order chi connectivity index (χ1) is 11.0. The van der Waals surface area contributed by atoms with E-state index in [1.165, 1.54) is 0 Å². The van der Waals surface area contributed by atoms with Crippen molar-refractivity contribution in [2.45, 2.75) is 6.92 Å². The predicted molar refractivity (Wildman–Crippen MR) is 93.2 cm³/mol. The van der Waals surface area contributed by atoms with E-state index in [1.54, 1.807) is 30.3 Å². The summed E-state index contributed by atoms with van der Waals surface area (Å²) in [7, 11) is 0. The molecule has 2 aromatic carbocycles. The van der Waals surface area contributed by atoms with Crippen molar-refractivity contribution in [3.63, 3.8) is 0 Å². The molecular formula is C17H13Cl2N3O. The molecule has 0 saturated carbocycles. The van der Waals surface area contributed by atoms with Gasteiger partial charge in [-0.15, -0.1) is 0 Å². The van der Waals surface area contributed by atoms with Crippen LogP contribution in [0.2, 0.25) is 10.0 Å². The molecule has 6 heteroatoms. The van der Waals surface area contributed by atoms with Gasteiger partial charge in [-0.05, 0) is 42.8 Å². The highest BCUT2D eigenvalue weighted by Gasteiger charge is 2.12. The van der Waals surface area contributed by atoms with Gasteiger partial charge in [0.15, 0.2) is 0 Å². The lowest BCUT2D eigenvalue weighted by molar-refractivity contribution is 0.102. The first-order valence-corrected chi connectivity index (χ1v) is 7.67. The fraction of sp³-hybridized carbons (Fsp3) is 0.0588. The van der Waals surface area contributed by atoms with Crippen molar-refractivity contribution in [2.75, 3.05) is 5.32 Å². The van der Waals surface area contributed by atoms with E-state index in [9.17, 15) is 4.79 Å². The fourth-order valence-corrected chi connectivity index (χ4v) is 2.53. The van der Waals surface area contributed by atoms with Crippen LogP contribution in [0.5, 0.6) is 0 Å². The van der Waals surface area contributed by atoms with E-state index < -0.39 is 0 Å². The molecular weight excluding hydrogens is 333 g/mol. The maximum atomic E-state index is 12.3. The van der Waals surface area contributed by atoms with Gasteiger partial charge in [0.2, 0.25) is 0 Å². The van der Waals surface area contributed by atoms with Crippen molar-refractivity contribution in [3.05, 3.63) is 69.8 Å². The minimum atomic E-state index is -0.302. The Kier molecular flexibility index (Phi) is 4.37. The SMILES string of the molecule is Cc1ccc(NC(=O)c2cc(-c3ccc(Cl)cc3)n[nH]2)c(Cl)c1. The van der Waals surface area contributed by atoms with Crippen LogP contribution in [0, 0.1) is 6.92 Å². The summed E-state index contributed by atoms with van der Waals surface area (Å²) in [6, 6.07) is 14.4. The van der Waals surface area contributed by atoms with Crippen LogP contribution < -0.4 is 5.32 Å². The highest BCUT2D eigenvalue weighted by Crippen LogP contribution is 2.24. The number of aromatic nitrogens is 2. The number of benzene rings is 2. The van der Waals surface area contributed by atoms with Gasteiger partial charge in [-0.3, -0.25) is 9.89 Å². The molecule has 1 heterocycles. The summed E-state index contributed by atoms with van der Waals surface area (Å²) in [6.07, 6.45) is 0. The summed E-state index contributed by atoms with van der Waals surface area (Å²) in [4.78, 5) is 12.3. The largest absolute Gasteiger partial charge is 0.319 e. The lowest BCUT2D eigenvalue weighted by Gasteiger charge is -2.06. The van der Waals surface area contributed by atoms with E-state index in [2.05, 4.69) is 15.5 Å². The van der Waals surface area contributed by atoms with Gasteiger partial charge in [-0.2, -0.15) is 5.10 Å². The number of aryl methyl sites for hydroxylation is 1. The van der Waals surface area contributed by atoms with Crippen molar-refractivity contribution in [1.29, 1.82) is 0 Å². The molecule has 1 aromatic heterocycles. The van der Waals surface area contributed by atoms with Crippen molar-refractivity contribution < 1.29 is 4.79 Å². The molecule has 23 heavy (non-hydrogen) atoms. The van der Waals surface area contributed by atoms with Gasteiger partial charge in [-0.25, -0.2) is 0 Å². The maximum absolute atomic E-state index is 12.3. The summed E-state index contributed by atoms with van der Waals surface area (Å²) < 4.78 is 0. The molecule has 0 aliphatic rings. The molecule has 3 rings (SSSR count). The van der Waals surface area contributed by atoms with Crippen LogP contribution in [0.25, 0.3) is 11.3 Å². The van der Waals surface area contributed by atoms with E-state index in [1.807, 2.05) is 25.1 Å². The Balaban J connectivity index is 1.79. The molecule has 4 nitrogen and oxygen atoms in total. The fourth-order valence-electron chi connectivity index (χ4n) is 2.12. The Morgan fingerprint density at radius 2 is 1.83 bits per heavy atom. The summed E-state index contributed by atoms with van der Waals surface area (Å²) in [6.45, 7) is 1.94. The number of amides is 1. The molecule has 116 valence electrons. The summed E-state index contributed by atoms with van der Waals surface area (Å²) >= 11 is 12.0. The molecule has 0 aliphatic carbocycles. The molecule has 0 saturated heterocycles. The predicted octanol–water partition coefficient (Wildman–Crippen LogP) is 4.94. The molecule has 1 amide bonds. The van der Waals surface area contributed by atoms with E-state index in [0.29, 0.717) is 27.1 Å². The molecule has 0 atom stereocenters. The average Bonchev–Trinajstić information content (AvgIpc) is 3.01. The molecule has 0 unspecified atom stereocenters. The van der Waals surface area contributed by atoms with Gasteiger partial charge in [0.05, 0.1) is 16.4 Å². The number of nitrogens with one attached hydrogen (secondary N) is 2. The lowest BCUT2D eigenvalue weighted by atomic mass is 10.1. The second-order valence-corrected chi connectivity index (χ2v) is 5.95. The van der Waals surface area contributed by atoms with Crippen LogP contribution in [0.3, 0.4) is 0 Å². The third kappa shape index (κ3) is 3.55. The van der Waals surface area contributed by atoms with Gasteiger partial charge >= 0.3 is 0 Å². The quantitative estimate of drug-likeness (QED) is 0.705. The first-order valence-electron chi connectivity index (χ1n) is 6.92. The zero-order chi connectivity index (χ0) is 16.4. The van der Waals surface area contributed by atoms with Crippen molar-refractivity contribution in [3.8, 4) is 11.3 Å². The Labute approximate surface area is 143 Å². The molecule has 3 aromatic rings. The topological polar surface area (TPSA) is 57.8 Å². The smallest absolute Gasteiger partial charge is 0.273 e. The van der Waals surface area contributed by atoms with Crippen LogP contribution in [0.4, 0.5) is 5.69 Å². The van der Waals surface area contributed by atoms with Crippen LogP contribution in [0.15, 0.2) is 48.5 Å². The molecule has 2 N–H and O–H groups in total. The van der Waals surface area contributed by atoms with Crippen molar-refractivity contribution >= 4 is 34.8 Å². The van der Waals surface area contributed by atoms with Crippen molar-refractivity contribution in [1.82, 2.24) is 10.2 Å². The number of hydrogen-bond acceptors (Lipinski definition) is 2. The Bertz CT molecular complexity index is 857. The van der Waals surface area contributed by atoms with Crippen LogP contribution in [-0.4, -0.2) is 16.1 Å². The Hall–Kier alpha value is -2.30. The lowest BCUT2D eigenvalue weighted by Crippen LogP contribution is -2.12. The van der Waals surface area contributed by atoms with Gasteiger partial charge in [-0.1, -0.05) is 41.4 Å². The number of H-pyrrole nitrogens is 1. The van der Waals surface area contributed by atoms with E-state index in [4.69, 9.17) is 23.2 Å². The second kappa shape index (κ2) is 6.44. The normalized spacial score (nSPS) is 10.6. The van der Waals surface area contributed by atoms with Gasteiger partial charge < -0.3 is 5.32 Å². The van der Waals surface area contributed by atoms with E-state index >= 15 is 0 Å². The molecule has 0 bridgehead atoms. The number of carbonyl (C=O) groups excluding carboxylic acids is 1. The van der Waals surface area contributed by atoms with Crippen LogP contribution in [0.1, 0.15) is 16.1 Å². The average molecular weight is 346 g/mol. The van der Waals surface area contributed by atoms with E-state index in [-0.39, 0.29) is 5.91 Å². The Morgan fingerprint density at radius 1 is 1.09 bits per heavy atom. The number of carbonyl (C=O) groups is 1. The molecule has 0 radical (unpaired) electrons. The standard InChI is InChI=1S/C17H13Cl2N3O/c1-10-2-7-14(13(19)8-10)20-17(23)16-9-15(21-22-16)11-3-5-12(18)6-4-11/h2-9H,1H3,(H,20,23)(H,21,22). The minimum Gasteiger partial charge on any atom is -0.319 e. The third-order valence-corrected chi connectivity index (χ3v) is 3.90. The van der Waals surface area contributed by atoms with Crippen LogP contribution >= 0.6 is 23.2 Å². The zero-order valence-corrected chi connectivity index (χ0v) is 13.7. The zero-order valence-electron chi connectivity index (χ0n) is 12.2. The number of halogens is 2. The number of nitrogens with zero attached hydrogens (tertiary/aromatic N) is 1. The van der Waals surface area contributed by atoms with Gasteiger partial charge in [0.25, 0.3) is 5.91 Å². The minimum absolute atomic E-state index is 0.302. The number of rotatable bonds is 3.